The lowest BCUT2D eigenvalue weighted by atomic mass is 9.95. The second-order valence-corrected chi connectivity index (χ2v) is 10.5. The lowest BCUT2D eigenvalue weighted by Gasteiger charge is -2.14. The van der Waals surface area contributed by atoms with Crippen LogP contribution in [-0.4, -0.2) is 27.5 Å². The number of aryl methyl sites for hydroxylation is 2. The number of benzene rings is 1. The third-order valence-corrected chi connectivity index (χ3v) is 7.73. The molecule has 1 aliphatic heterocycles. The Morgan fingerprint density at radius 3 is 2.71 bits per heavy atom. The molecule has 1 aromatic carbocycles. The van der Waals surface area contributed by atoms with Crippen molar-refractivity contribution in [3.8, 4) is 0 Å². The zero-order chi connectivity index (χ0) is 23.8. The molecule has 3 aromatic rings. The molecule has 0 saturated heterocycles. The average molecular weight is 480 g/mol. The van der Waals surface area contributed by atoms with Crippen molar-refractivity contribution in [2.24, 2.45) is 0 Å². The lowest BCUT2D eigenvalue weighted by Crippen LogP contribution is -2.24. The normalized spacial score (nSPS) is 15.5. The second-order valence-electron chi connectivity index (χ2n) is 9.35. The fourth-order valence-corrected chi connectivity index (χ4v) is 6.15. The van der Waals surface area contributed by atoms with Gasteiger partial charge in [-0.25, -0.2) is 9.78 Å². The van der Waals surface area contributed by atoms with Crippen LogP contribution in [0.4, 0.5) is 5.00 Å². The molecule has 5 rings (SSSR count). The molecule has 8 heteroatoms. The molecular formula is C26H29N3O4S. The van der Waals surface area contributed by atoms with Crippen molar-refractivity contribution in [1.29, 1.82) is 0 Å². The van der Waals surface area contributed by atoms with Gasteiger partial charge in [0.2, 0.25) is 0 Å². The van der Waals surface area contributed by atoms with Crippen LogP contribution >= 0.6 is 11.3 Å². The molecule has 0 unspecified atom stereocenters. The van der Waals surface area contributed by atoms with Crippen LogP contribution in [0.2, 0.25) is 0 Å². The van der Waals surface area contributed by atoms with E-state index in [4.69, 9.17) is 9.72 Å². The van der Waals surface area contributed by atoms with E-state index >= 15 is 0 Å². The summed E-state index contributed by atoms with van der Waals surface area (Å²) in [5, 5.41) is 4.02. The number of anilines is 1. The largest absolute Gasteiger partial charge is 0.459 e. The maximum atomic E-state index is 13.2. The van der Waals surface area contributed by atoms with Crippen molar-refractivity contribution in [2.45, 2.75) is 77.9 Å². The molecule has 2 aromatic heterocycles. The van der Waals surface area contributed by atoms with Gasteiger partial charge in [0.05, 0.1) is 22.6 Å². The number of hydrogen-bond acceptors (Lipinski definition) is 6. The van der Waals surface area contributed by atoms with E-state index in [1.54, 1.807) is 22.8 Å². The van der Waals surface area contributed by atoms with Gasteiger partial charge in [-0.2, -0.15) is 0 Å². The number of nitrogens with zero attached hydrogens (tertiary/aromatic N) is 2. The first-order chi connectivity index (χ1) is 16.4. The van der Waals surface area contributed by atoms with Crippen LogP contribution < -0.4 is 10.9 Å². The number of ether oxygens (including phenoxy) is 1. The molecule has 0 fully saturated rings. The van der Waals surface area contributed by atoms with Crippen LogP contribution in [0.15, 0.2) is 23.0 Å². The molecule has 1 N–H and O–H groups in total. The summed E-state index contributed by atoms with van der Waals surface area (Å²) in [6, 6.07) is 5.02. The zero-order valence-corrected chi connectivity index (χ0v) is 20.4. The standard InChI is InChI=1S/C26H29N3O4S/c1-15(2)33-26(32)22-18-8-5-6-9-20(18)34-24(22)28-23(30)16-11-12-17-19(14-16)27-21-10-4-3-7-13-29(21)25(17)31/h11-12,14-15H,3-10,13H2,1-2H3,(H,28,30). The zero-order valence-electron chi connectivity index (χ0n) is 19.6. The van der Waals surface area contributed by atoms with Crippen LogP contribution in [-0.2, 0) is 30.5 Å². The van der Waals surface area contributed by atoms with Crippen molar-refractivity contribution >= 4 is 39.1 Å². The van der Waals surface area contributed by atoms with Gasteiger partial charge in [-0.05, 0) is 76.1 Å². The lowest BCUT2D eigenvalue weighted by molar-refractivity contribution is 0.0378. The SMILES string of the molecule is CC(C)OC(=O)c1c(NC(=O)c2ccc3c(=O)n4c(nc3c2)CCCCC4)sc2c1CCCC2. The average Bonchev–Trinajstić information content (AvgIpc) is 2.99. The molecule has 0 radical (unpaired) electrons. The van der Waals surface area contributed by atoms with Crippen molar-refractivity contribution < 1.29 is 14.3 Å². The molecule has 2 aliphatic rings. The Balaban J connectivity index is 1.49. The van der Waals surface area contributed by atoms with Crippen molar-refractivity contribution in [3.63, 3.8) is 0 Å². The summed E-state index contributed by atoms with van der Waals surface area (Å²) in [5.74, 6) is 0.0775. The van der Waals surface area contributed by atoms with E-state index < -0.39 is 0 Å². The number of rotatable bonds is 4. The molecule has 178 valence electrons. The number of aromatic nitrogens is 2. The molecule has 1 amide bonds. The van der Waals surface area contributed by atoms with Crippen LogP contribution in [0.3, 0.4) is 0 Å². The molecule has 0 bridgehead atoms. The fraction of sp³-hybridized carbons (Fsp3) is 0.462. The van der Waals surface area contributed by atoms with E-state index in [1.807, 2.05) is 13.8 Å². The quantitative estimate of drug-likeness (QED) is 0.539. The highest BCUT2D eigenvalue weighted by Gasteiger charge is 2.28. The monoisotopic (exact) mass is 479 g/mol. The van der Waals surface area contributed by atoms with Crippen LogP contribution in [0.25, 0.3) is 10.9 Å². The number of esters is 1. The van der Waals surface area contributed by atoms with Gasteiger partial charge in [0.25, 0.3) is 11.5 Å². The van der Waals surface area contributed by atoms with Gasteiger partial charge in [-0.15, -0.1) is 11.3 Å². The highest BCUT2D eigenvalue weighted by molar-refractivity contribution is 7.17. The topological polar surface area (TPSA) is 90.3 Å². The van der Waals surface area contributed by atoms with Crippen molar-refractivity contribution in [2.75, 3.05) is 5.32 Å². The summed E-state index contributed by atoms with van der Waals surface area (Å²) in [5.41, 5.74) is 2.40. The fourth-order valence-electron chi connectivity index (χ4n) is 4.88. The van der Waals surface area contributed by atoms with Crippen LogP contribution in [0.1, 0.15) is 82.9 Å². The number of carbonyl (C=O) groups is 2. The van der Waals surface area contributed by atoms with Gasteiger partial charge >= 0.3 is 5.97 Å². The highest BCUT2D eigenvalue weighted by Crippen LogP contribution is 2.39. The molecule has 7 nitrogen and oxygen atoms in total. The summed E-state index contributed by atoms with van der Waals surface area (Å²) >= 11 is 1.47. The summed E-state index contributed by atoms with van der Waals surface area (Å²) in [6.07, 6.45) is 7.43. The van der Waals surface area contributed by atoms with E-state index in [0.717, 1.165) is 67.6 Å². The third-order valence-electron chi connectivity index (χ3n) is 6.52. The minimum absolute atomic E-state index is 0.0430. The maximum Gasteiger partial charge on any atom is 0.341 e. The Kier molecular flexibility index (Phi) is 6.25. The van der Waals surface area contributed by atoms with Gasteiger partial charge in [-0.1, -0.05) is 6.42 Å². The molecule has 1 aliphatic carbocycles. The van der Waals surface area contributed by atoms with Gasteiger partial charge in [0.1, 0.15) is 10.8 Å². The van der Waals surface area contributed by atoms with Gasteiger partial charge in [0, 0.05) is 23.4 Å². The number of amides is 1. The molecular weight excluding hydrogens is 450 g/mol. The van der Waals surface area contributed by atoms with E-state index in [1.165, 1.54) is 11.3 Å². The minimum Gasteiger partial charge on any atom is -0.459 e. The Morgan fingerprint density at radius 1 is 1.09 bits per heavy atom. The summed E-state index contributed by atoms with van der Waals surface area (Å²) in [6.45, 7) is 4.33. The van der Waals surface area contributed by atoms with E-state index in [-0.39, 0.29) is 23.5 Å². The minimum atomic E-state index is -0.388. The van der Waals surface area contributed by atoms with Crippen molar-refractivity contribution in [1.82, 2.24) is 9.55 Å². The second kappa shape index (κ2) is 9.33. The van der Waals surface area contributed by atoms with Gasteiger partial charge in [-0.3, -0.25) is 14.2 Å². The Morgan fingerprint density at radius 2 is 1.88 bits per heavy atom. The van der Waals surface area contributed by atoms with Gasteiger partial charge < -0.3 is 10.1 Å². The van der Waals surface area contributed by atoms with E-state index in [9.17, 15) is 14.4 Å². The predicted octanol–water partition coefficient (Wildman–Crippen LogP) is 4.88. The highest BCUT2D eigenvalue weighted by atomic mass is 32.1. The Hall–Kier alpha value is -3.00. The number of hydrogen-bond donors (Lipinski definition) is 1. The molecule has 34 heavy (non-hydrogen) atoms. The number of fused-ring (bicyclic) bond motifs is 3. The van der Waals surface area contributed by atoms with E-state index in [2.05, 4.69) is 5.32 Å². The first kappa shape index (κ1) is 22.8. The molecule has 0 spiro atoms. The first-order valence-corrected chi connectivity index (χ1v) is 12.9. The molecule has 3 heterocycles. The first-order valence-electron chi connectivity index (χ1n) is 12.1. The number of carbonyl (C=O) groups excluding carboxylic acids is 2. The Bertz CT molecular complexity index is 1340. The Labute approximate surface area is 202 Å². The smallest absolute Gasteiger partial charge is 0.341 e. The summed E-state index contributed by atoms with van der Waals surface area (Å²) in [7, 11) is 0. The van der Waals surface area contributed by atoms with Crippen molar-refractivity contribution in [3.05, 3.63) is 55.9 Å². The summed E-state index contributed by atoms with van der Waals surface area (Å²) < 4.78 is 7.27. The third kappa shape index (κ3) is 4.27. The van der Waals surface area contributed by atoms with Gasteiger partial charge in [0.15, 0.2) is 0 Å². The molecule has 0 saturated carbocycles. The molecule has 0 atom stereocenters. The number of thiophene rings is 1. The van der Waals surface area contributed by atoms with Crippen LogP contribution in [0.5, 0.6) is 0 Å². The van der Waals surface area contributed by atoms with Crippen LogP contribution in [0, 0.1) is 0 Å². The maximum absolute atomic E-state index is 13.2. The summed E-state index contributed by atoms with van der Waals surface area (Å²) in [4.78, 5) is 45.0. The van der Waals surface area contributed by atoms with E-state index in [0.29, 0.717) is 33.6 Å². The predicted molar refractivity (Wildman–Crippen MR) is 133 cm³/mol. The number of nitrogens with one attached hydrogen (secondary N) is 1.